The van der Waals surface area contributed by atoms with Gasteiger partial charge in [-0.1, -0.05) is 0 Å². The number of aromatic nitrogens is 2. The predicted octanol–water partition coefficient (Wildman–Crippen LogP) is 0.419. The third-order valence-corrected chi connectivity index (χ3v) is 5.32. The Kier molecular flexibility index (Phi) is 3.81. The van der Waals surface area contributed by atoms with Crippen LogP contribution in [0.4, 0.5) is 0 Å². The number of sulfonamides is 1. The summed E-state index contributed by atoms with van der Waals surface area (Å²) in [6, 6.07) is 5.05. The second-order valence-corrected chi connectivity index (χ2v) is 6.89. The van der Waals surface area contributed by atoms with Crippen LogP contribution in [0.5, 0.6) is 0 Å². The normalized spacial score (nSPS) is 11.9. The van der Waals surface area contributed by atoms with Crippen LogP contribution in [0.3, 0.4) is 0 Å². The Morgan fingerprint density at radius 3 is 2.78 bits per heavy atom. The number of rotatable bonds is 5. The van der Waals surface area contributed by atoms with Crippen molar-refractivity contribution in [3.63, 3.8) is 0 Å². The summed E-state index contributed by atoms with van der Waals surface area (Å²) >= 11 is 1.18. The third-order valence-electron chi connectivity index (χ3n) is 2.32. The van der Waals surface area contributed by atoms with Gasteiger partial charge in [-0.15, -0.1) is 11.3 Å². The highest BCUT2D eigenvalue weighted by Crippen LogP contribution is 2.20. The standard InChI is InChI=1S/C10H14N4O2S2/c1-14-5-4-8(13-14)7-12-18(15,16)10-3-2-9(6-11)17-10/h2-5,12H,6-7,11H2,1H3. The van der Waals surface area contributed by atoms with Gasteiger partial charge >= 0.3 is 0 Å². The molecule has 6 nitrogen and oxygen atoms in total. The molecule has 0 aliphatic carbocycles. The first-order valence-electron chi connectivity index (χ1n) is 5.28. The van der Waals surface area contributed by atoms with E-state index in [2.05, 4.69) is 9.82 Å². The van der Waals surface area contributed by atoms with E-state index in [0.29, 0.717) is 12.2 Å². The van der Waals surface area contributed by atoms with E-state index in [0.717, 1.165) is 4.88 Å². The maximum absolute atomic E-state index is 12.0. The highest BCUT2D eigenvalue weighted by Gasteiger charge is 2.16. The minimum atomic E-state index is -3.47. The summed E-state index contributed by atoms with van der Waals surface area (Å²) in [7, 11) is -1.69. The topological polar surface area (TPSA) is 90.0 Å². The van der Waals surface area contributed by atoms with Crippen LogP contribution in [0, 0.1) is 0 Å². The lowest BCUT2D eigenvalue weighted by Crippen LogP contribution is -2.22. The molecule has 0 unspecified atom stereocenters. The van der Waals surface area contributed by atoms with E-state index in [-0.39, 0.29) is 10.8 Å². The zero-order valence-corrected chi connectivity index (χ0v) is 11.5. The molecule has 0 radical (unpaired) electrons. The number of thiophene rings is 1. The lowest BCUT2D eigenvalue weighted by Gasteiger charge is -2.02. The summed E-state index contributed by atoms with van der Waals surface area (Å²) in [6.45, 7) is 0.527. The van der Waals surface area contributed by atoms with E-state index < -0.39 is 10.0 Å². The molecular formula is C10H14N4O2S2. The SMILES string of the molecule is Cn1ccc(CNS(=O)(=O)c2ccc(CN)s2)n1. The van der Waals surface area contributed by atoms with E-state index in [1.807, 2.05) is 0 Å². The highest BCUT2D eigenvalue weighted by atomic mass is 32.2. The second-order valence-electron chi connectivity index (χ2n) is 3.73. The molecule has 0 aromatic carbocycles. The zero-order valence-electron chi connectivity index (χ0n) is 9.83. The summed E-state index contributed by atoms with van der Waals surface area (Å²) in [5.74, 6) is 0. The van der Waals surface area contributed by atoms with E-state index in [1.165, 1.54) is 11.3 Å². The highest BCUT2D eigenvalue weighted by molar-refractivity contribution is 7.91. The average molecular weight is 286 g/mol. The molecule has 0 aliphatic heterocycles. The number of hydrogen-bond donors (Lipinski definition) is 2. The molecule has 0 saturated heterocycles. The van der Waals surface area contributed by atoms with E-state index in [4.69, 9.17) is 5.73 Å². The van der Waals surface area contributed by atoms with Crippen LogP contribution in [0.25, 0.3) is 0 Å². The molecule has 0 bridgehead atoms. The summed E-state index contributed by atoms with van der Waals surface area (Å²) in [5.41, 5.74) is 6.13. The molecule has 0 spiro atoms. The van der Waals surface area contributed by atoms with Crippen molar-refractivity contribution in [1.82, 2.24) is 14.5 Å². The smallest absolute Gasteiger partial charge is 0.250 e. The van der Waals surface area contributed by atoms with Gasteiger partial charge in [0.15, 0.2) is 0 Å². The average Bonchev–Trinajstić information content (AvgIpc) is 2.95. The minimum absolute atomic E-state index is 0.180. The first-order valence-corrected chi connectivity index (χ1v) is 7.58. The van der Waals surface area contributed by atoms with Crippen LogP contribution in [-0.2, 0) is 30.2 Å². The molecule has 0 fully saturated rings. The largest absolute Gasteiger partial charge is 0.326 e. The molecule has 8 heteroatoms. The summed E-state index contributed by atoms with van der Waals surface area (Å²) < 4.78 is 28.3. The fourth-order valence-corrected chi connectivity index (χ4v) is 3.69. The quantitative estimate of drug-likeness (QED) is 0.833. The monoisotopic (exact) mass is 286 g/mol. The van der Waals surface area contributed by atoms with Gasteiger partial charge in [0.05, 0.1) is 12.2 Å². The van der Waals surface area contributed by atoms with Gasteiger partial charge < -0.3 is 5.73 Å². The maximum atomic E-state index is 12.0. The number of nitrogens with one attached hydrogen (secondary N) is 1. The summed E-state index contributed by atoms with van der Waals surface area (Å²) in [6.07, 6.45) is 1.77. The second kappa shape index (κ2) is 5.19. The van der Waals surface area contributed by atoms with Gasteiger partial charge in [-0.2, -0.15) is 5.10 Å². The molecule has 0 saturated carbocycles. The van der Waals surface area contributed by atoms with E-state index in [1.54, 1.807) is 36.1 Å². The summed E-state index contributed by atoms with van der Waals surface area (Å²) in [4.78, 5) is 0.841. The van der Waals surface area contributed by atoms with Crippen LogP contribution in [-0.4, -0.2) is 18.2 Å². The molecule has 0 atom stereocenters. The molecule has 2 rings (SSSR count). The predicted molar refractivity (Wildman–Crippen MR) is 69.4 cm³/mol. The Balaban J connectivity index is 2.07. The zero-order chi connectivity index (χ0) is 13.2. The number of nitrogens with zero attached hydrogens (tertiary/aromatic N) is 2. The van der Waals surface area contributed by atoms with Gasteiger partial charge in [0.25, 0.3) is 0 Å². The molecule has 0 amide bonds. The van der Waals surface area contributed by atoms with Crippen molar-refractivity contribution in [2.24, 2.45) is 12.8 Å². The van der Waals surface area contributed by atoms with Crippen molar-refractivity contribution in [1.29, 1.82) is 0 Å². The number of aryl methyl sites for hydroxylation is 1. The Bertz CT molecular complexity index is 630. The molecular weight excluding hydrogens is 272 g/mol. The van der Waals surface area contributed by atoms with Crippen molar-refractivity contribution < 1.29 is 8.42 Å². The molecule has 2 heterocycles. The van der Waals surface area contributed by atoms with Crippen LogP contribution < -0.4 is 10.5 Å². The fourth-order valence-electron chi connectivity index (χ4n) is 1.41. The number of nitrogens with two attached hydrogens (primary N) is 1. The van der Waals surface area contributed by atoms with Crippen LogP contribution in [0.15, 0.2) is 28.6 Å². The Morgan fingerprint density at radius 1 is 1.44 bits per heavy atom. The first-order chi connectivity index (χ1) is 8.51. The fraction of sp³-hybridized carbons (Fsp3) is 0.300. The Hall–Kier alpha value is -1.22. The third kappa shape index (κ3) is 2.96. The minimum Gasteiger partial charge on any atom is -0.326 e. The molecule has 3 N–H and O–H groups in total. The first kappa shape index (κ1) is 13.2. The van der Waals surface area contributed by atoms with Gasteiger partial charge in [0.1, 0.15) is 4.21 Å². The lowest BCUT2D eigenvalue weighted by molar-refractivity contribution is 0.581. The molecule has 2 aromatic rings. The van der Waals surface area contributed by atoms with E-state index in [9.17, 15) is 8.42 Å². The van der Waals surface area contributed by atoms with Crippen molar-refractivity contribution in [3.8, 4) is 0 Å². The Morgan fingerprint density at radius 2 is 2.22 bits per heavy atom. The van der Waals surface area contributed by atoms with Crippen LogP contribution in [0.2, 0.25) is 0 Å². The molecule has 18 heavy (non-hydrogen) atoms. The lowest BCUT2D eigenvalue weighted by atomic mass is 10.4. The number of hydrogen-bond acceptors (Lipinski definition) is 5. The molecule has 0 aliphatic rings. The Labute approximate surface area is 109 Å². The van der Waals surface area contributed by atoms with Crippen molar-refractivity contribution >= 4 is 21.4 Å². The van der Waals surface area contributed by atoms with Crippen LogP contribution >= 0.6 is 11.3 Å². The molecule has 2 aromatic heterocycles. The van der Waals surface area contributed by atoms with Gasteiger partial charge in [0.2, 0.25) is 10.0 Å². The summed E-state index contributed by atoms with van der Waals surface area (Å²) in [5, 5.41) is 4.10. The van der Waals surface area contributed by atoms with Gasteiger partial charge in [-0.05, 0) is 18.2 Å². The van der Waals surface area contributed by atoms with Crippen molar-refractivity contribution in [2.45, 2.75) is 17.3 Å². The van der Waals surface area contributed by atoms with Crippen molar-refractivity contribution in [2.75, 3.05) is 0 Å². The maximum Gasteiger partial charge on any atom is 0.250 e. The van der Waals surface area contributed by atoms with Gasteiger partial charge in [0, 0.05) is 24.7 Å². The van der Waals surface area contributed by atoms with Gasteiger partial charge in [-0.3, -0.25) is 4.68 Å². The van der Waals surface area contributed by atoms with Crippen molar-refractivity contribution in [3.05, 3.63) is 35.0 Å². The molecule has 98 valence electrons. The van der Waals surface area contributed by atoms with Gasteiger partial charge in [-0.25, -0.2) is 13.1 Å². The van der Waals surface area contributed by atoms with E-state index >= 15 is 0 Å². The van der Waals surface area contributed by atoms with Crippen LogP contribution in [0.1, 0.15) is 10.6 Å².